The van der Waals surface area contributed by atoms with Gasteiger partial charge in [0.1, 0.15) is 0 Å². The molecule has 0 aromatic carbocycles. The summed E-state index contributed by atoms with van der Waals surface area (Å²) in [6.45, 7) is 9.34. The van der Waals surface area contributed by atoms with Gasteiger partial charge >= 0.3 is 0 Å². The lowest BCUT2D eigenvalue weighted by atomic mass is 9.98. The molecule has 0 fully saturated rings. The number of alkyl halides is 2. The Balaban J connectivity index is 3.82. The summed E-state index contributed by atoms with van der Waals surface area (Å²) in [4.78, 5) is 0. The third-order valence-electron chi connectivity index (χ3n) is 1.54. The van der Waals surface area contributed by atoms with Crippen molar-refractivity contribution in [1.82, 2.24) is 0 Å². The van der Waals surface area contributed by atoms with Gasteiger partial charge in [0.25, 0.3) is 0 Å². The van der Waals surface area contributed by atoms with E-state index >= 15 is 0 Å². The van der Waals surface area contributed by atoms with Crippen molar-refractivity contribution in [1.29, 1.82) is 0 Å². The molecule has 0 aliphatic heterocycles. The van der Waals surface area contributed by atoms with Gasteiger partial charge in [-0.15, -0.1) is 0 Å². The van der Waals surface area contributed by atoms with Gasteiger partial charge in [0, 0.05) is 10.7 Å². The summed E-state index contributed by atoms with van der Waals surface area (Å²) in [5, 5.41) is 1.84. The minimum absolute atomic E-state index is 0.0561. The summed E-state index contributed by atoms with van der Waals surface area (Å²) < 4.78 is 5.76. The van der Waals surface area contributed by atoms with Crippen molar-refractivity contribution in [2.75, 3.05) is 17.3 Å². The van der Waals surface area contributed by atoms with Crippen LogP contribution in [0, 0.1) is 5.41 Å². The van der Waals surface area contributed by atoms with Gasteiger partial charge in [0.05, 0.1) is 12.2 Å². The maximum absolute atomic E-state index is 5.76. The topological polar surface area (TPSA) is 9.23 Å². The van der Waals surface area contributed by atoms with Crippen LogP contribution in [0.15, 0.2) is 0 Å². The van der Waals surface area contributed by atoms with Crippen LogP contribution in [0.25, 0.3) is 0 Å². The molecule has 0 saturated carbocycles. The normalized spacial score (nSPS) is 13.5. The first-order valence-electron chi connectivity index (χ1n) is 4.09. The lowest BCUT2D eigenvalue weighted by Crippen LogP contribution is -2.32. The van der Waals surface area contributed by atoms with E-state index in [4.69, 9.17) is 4.74 Å². The second-order valence-corrected chi connectivity index (χ2v) is 5.60. The predicted molar refractivity (Wildman–Crippen MR) is 61.4 cm³/mol. The fourth-order valence-corrected chi connectivity index (χ4v) is 0.792. The van der Waals surface area contributed by atoms with Crippen molar-refractivity contribution in [3.8, 4) is 0 Å². The highest BCUT2D eigenvalue weighted by Crippen LogP contribution is 2.22. The van der Waals surface area contributed by atoms with E-state index in [0.717, 1.165) is 17.3 Å². The SMILES string of the molecule is CC(C)(CBr)COC(C)(C)CBr. The summed E-state index contributed by atoms with van der Waals surface area (Å²) in [7, 11) is 0. The Hall–Kier alpha value is 0.920. The zero-order valence-corrected chi connectivity index (χ0v) is 11.5. The standard InChI is InChI=1S/C9H18Br2O/c1-8(2,5-10)7-12-9(3,4)6-11/h5-7H2,1-4H3. The van der Waals surface area contributed by atoms with E-state index in [1.807, 2.05) is 0 Å². The molecule has 0 amide bonds. The Morgan fingerprint density at radius 2 is 1.50 bits per heavy atom. The Morgan fingerprint density at radius 3 is 1.83 bits per heavy atom. The second-order valence-electron chi connectivity index (χ2n) is 4.48. The quantitative estimate of drug-likeness (QED) is 0.705. The first-order valence-corrected chi connectivity index (χ1v) is 6.33. The van der Waals surface area contributed by atoms with Crippen molar-refractivity contribution in [3.05, 3.63) is 0 Å². The molecule has 12 heavy (non-hydrogen) atoms. The number of ether oxygens (including phenoxy) is 1. The molecule has 1 nitrogen and oxygen atoms in total. The van der Waals surface area contributed by atoms with E-state index in [1.54, 1.807) is 0 Å². The smallest absolute Gasteiger partial charge is 0.0723 e. The fraction of sp³-hybridized carbons (Fsp3) is 1.00. The highest BCUT2D eigenvalue weighted by Gasteiger charge is 2.22. The molecule has 0 N–H and O–H groups in total. The van der Waals surface area contributed by atoms with Gasteiger partial charge in [-0.1, -0.05) is 45.7 Å². The zero-order chi connectivity index (χ0) is 9.83. The maximum Gasteiger partial charge on any atom is 0.0723 e. The Kier molecular flexibility index (Phi) is 5.35. The van der Waals surface area contributed by atoms with Crippen molar-refractivity contribution in [2.24, 2.45) is 5.41 Å². The van der Waals surface area contributed by atoms with Crippen molar-refractivity contribution in [3.63, 3.8) is 0 Å². The molecular formula is C9H18Br2O. The molecule has 0 heterocycles. The third-order valence-corrected chi connectivity index (χ3v) is 4.41. The molecule has 0 bridgehead atoms. The van der Waals surface area contributed by atoms with E-state index < -0.39 is 0 Å². The number of hydrogen-bond acceptors (Lipinski definition) is 1. The monoisotopic (exact) mass is 300 g/mol. The van der Waals surface area contributed by atoms with Gasteiger partial charge in [-0.2, -0.15) is 0 Å². The lowest BCUT2D eigenvalue weighted by molar-refractivity contribution is -0.0328. The Labute approximate surface area is 92.5 Å². The van der Waals surface area contributed by atoms with Crippen LogP contribution in [0.4, 0.5) is 0 Å². The molecule has 0 saturated heterocycles. The lowest BCUT2D eigenvalue weighted by Gasteiger charge is -2.29. The molecule has 0 unspecified atom stereocenters. The molecule has 0 aliphatic rings. The van der Waals surface area contributed by atoms with E-state index in [2.05, 4.69) is 59.6 Å². The van der Waals surface area contributed by atoms with Crippen LogP contribution >= 0.6 is 31.9 Å². The largest absolute Gasteiger partial charge is 0.374 e. The van der Waals surface area contributed by atoms with E-state index in [0.29, 0.717) is 0 Å². The van der Waals surface area contributed by atoms with Gasteiger partial charge < -0.3 is 4.74 Å². The summed E-state index contributed by atoms with van der Waals surface area (Å²) in [6.07, 6.45) is 0. The minimum Gasteiger partial charge on any atom is -0.374 e. The Morgan fingerprint density at radius 1 is 1.00 bits per heavy atom. The van der Waals surface area contributed by atoms with E-state index in [1.165, 1.54) is 0 Å². The first kappa shape index (κ1) is 12.9. The zero-order valence-electron chi connectivity index (χ0n) is 8.29. The van der Waals surface area contributed by atoms with Gasteiger partial charge in [0.15, 0.2) is 0 Å². The molecule has 0 rings (SSSR count). The summed E-state index contributed by atoms with van der Waals surface area (Å²) >= 11 is 6.89. The molecular weight excluding hydrogens is 284 g/mol. The summed E-state index contributed by atoms with van der Waals surface area (Å²) in [6, 6.07) is 0. The molecule has 0 aliphatic carbocycles. The molecule has 3 heteroatoms. The molecule has 0 aromatic rings. The average molecular weight is 302 g/mol. The second kappa shape index (κ2) is 4.97. The van der Waals surface area contributed by atoms with Crippen LogP contribution in [0.5, 0.6) is 0 Å². The minimum atomic E-state index is -0.0561. The van der Waals surface area contributed by atoms with Crippen LogP contribution < -0.4 is 0 Å². The van der Waals surface area contributed by atoms with Crippen molar-refractivity contribution < 1.29 is 4.74 Å². The molecule has 0 radical (unpaired) electrons. The van der Waals surface area contributed by atoms with Crippen molar-refractivity contribution in [2.45, 2.75) is 33.3 Å². The molecule has 0 aromatic heterocycles. The highest BCUT2D eigenvalue weighted by molar-refractivity contribution is 9.09. The number of rotatable bonds is 5. The highest BCUT2D eigenvalue weighted by atomic mass is 79.9. The van der Waals surface area contributed by atoms with Gasteiger partial charge in [-0.05, 0) is 19.3 Å². The fourth-order valence-electron chi connectivity index (χ4n) is 0.468. The van der Waals surface area contributed by atoms with E-state index in [9.17, 15) is 0 Å². The van der Waals surface area contributed by atoms with Gasteiger partial charge in [-0.3, -0.25) is 0 Å². The van der Waals surface area contributed by atoms with Crippen LogP contribution in [0.3, 0.4) is 0 Å². The van der Waals surface area contributed by atoms with Crippen LogP contribution in [0.2, 0.25) is 0 Å². The molecule has 74 valence electrons. The van der Waals surface area contributed by atoms with Crippen LogP contribution in [-0.4, -0.2) is 22.9 Å². The Bertz CT molecular complexity index is 116. The van der Waals surface area contributed by atoms with Crippen LogP contribution in [-0.2, 0) is 4.74 Å². The van der Waals surface area contributed by atoms with Gasteiger partial charge in [0.2, 0.25) is 0 Å². The summed E-state index contributed by atoms with van der Waals surface area (Å²) in [5.74, 6) is 0. The first-order chi connectivity index (χ1) is 5.33. The number of hydrogen-bond donors (Lipinski definition) is 0. The maximum atomic E-state index is 5.76. The predicted octanol–water partition coefficient (Wildman–Crippen LogP) is 3.60. The van der Waals surface area contributed by atoms with Crippen molar-refractivity contribution >= 4 is 31.9 Å². The summed E-state index contributed by atoms with van der Waals surface area (Å²) in [5.41, 5.74) is 0.166. The molecule has 0 spiro atoms. The van der Waals surface area contributed by atoms with Crippen LogP contribution in [0.1, 0.15) is 27.7 Å². The molecule has 0 atom stereocenters. The van der Waals surface area contributed by atoms with Gasteiger partial charge in [-0.25, -0.2) is 0 Å². The van der Waals surface area contributed by atoms with E-state index in [-0.39, 0.29) is 11.0 Å². The number of halogens is 2. The average Bonchev–Trinajstić information content (AvgIpc) is 2.02. The third kappa shape index (κ3) is 5.55.